The van der Waals surface area contributed by atoms with E-state index < -0.39 is 13.4 Å². The van der Waals surface area contributed by atoms with Crippen LogP contribution in [-0.4, -0.2) is 13.4 Å². The van der Waals surface area contributed by atoms with E-state index in [1.165, 1.54) is 77.0 Å². The average Bonchev–Trinajstić information content (AvgIpc) is 2.36. The van der Waals surface area contributed by atoms with Crippen molar-refractivity contribution in [2.45, 2.75) is 102 Å². The van der Waals surface area contributed by atoms with Gasteiger partial charge in [-0.25, -0.2) is 0 Å². The third kappa shape index (κ3) is 21.6. The van der Waals surface area contributed by atoms with Gasteiger partial charge in [-0.15, -0.1) is 44.3 Å². The summed E-state index contributed by atoms with van der Waals surface area (Å²) < 4.78 is 0. The molecule has 0 aromatic rings. The fourth-order valence-corrected chi connectivity index (χ4v) is 5.98. The molecular weight excluding hydrogens is 390 g/mol. The highest BCUT2D eigenvalue weighted by atomic mass is 35.7. The highest BCUT2D eigenvalue weighted by Crippen LogP contribution is 2.24. The van der Waals surface area contributed by atoms with Crippen molar-refractivity contribution in [1.82, 2.24) is 0 Å². The lowest BCUT2D eigenvalue weighted by molar-refractivity contribution is 0.547. The molecule has 6 heteroatoms. The molecule has 0 saturated heterocycles. The van der Waals surface area contributed by atoms with Crippen LogP contribution in [0, 0.1) is 0 Å². The summed E-state index contributed by atoms with van der Waals surface area (Å²) in [4.78, 5) is 0. The maximum Gasteiger partial charge on any atom is 0.248 e. The Morgan fingerprint density at radius 1 is 0.409 bits per heavy atom. The molecule has 0 unspecified atom stereocenters. The second kappa shape index (κ2) is 13.8. The number of hydrogen-bond acceptors (Lipinski definition) is 0. The Labute approximate surface area is 159 Å². The molecule has 0 aliphatic carbocycles. The van der Waals surface area contributed by atoms with E-state index in [1.54, 1.807) is 0 Å². The molecule has 0 nitrogen and oxygen atoms in total. The largest absolute Gasteiger partial charge is 0.248 e. The summed E-state index contributed by atoms with van der Waals surface area (Å²) >= 11 is 24.4. The van der Waals surface area contributed by atoms with Crippen LogP contribution in [0.1, 0.15) is 77.0 Å². The smallest absolute Gasteiger partial charge is 0.146 e. The molecule has 0 aromatic carbocycles. The summed E-state index contributed by atoms with van der Waals surface area (Å²) in [5.41, 5.74) is 0. The lowest BCUT2D eigenvalue weighted by Gasteiger charge is -2.09. The van der Waals surface area contributed by atoms with Crippen molar-refractivity contribution in [3.63, 3.8) is 0 Å². The van der Waals surface area contributed by atoms with Gasteiger partial charge in [-0.3, -0.25) is 0 Å². The van der Waals surface area contributed by atoms with Crippen LogP contribution in [0.3, 0.4) is 0 Å². The average molecular weight is 424 g/mol. The van der Waals surface area contributed by atoms with Gasteiger partial charge in [-0.1, -0.05) is 77.0 Å². The third-order valence-corrected chi connectivity index (χ3v) is 8.71. The molecule has 0 saturated carbocycles. The van der Waals surface area contributed by atoms with Gasteiger partial charge in [0.1, 0.15) is 0 Å². The molecule has 0 spiro atoms. The van der Waals surface area contributed by atoms with Gasteiger partial charge in [0, 0.05) is 0 Å². The van der Waals surface area contributed by atoms with Crippen LogP contribution < -0.4 is 0 Å². The van der Waals surface area contributed by atoms with Crippen LogP contribution in [0.2, 0.25) is 25.2 Å². The van der Waals surface area contributed by atoms with Gasteiger partial charge in [0.15, 0.2) is 0 Å². The topological polar surface area (TPSA) is 0 Å². The SMILES string of the molecule is C[Si](Cl)(Cl)CCCCCCCCCCCCCC[Si](C)(Cl)Cl. The fraction of sp³-hybridized carbons (Fsp3) is 1.00. The molecule has 0 radical (unpaired) electrons. The molecule has 0 aliphatic heterocycles. The minimum atomic E-state index is -1.84. The second-order valence-corrected chi connectivity index (χ2v) is 23.3. The molecule has 0 rings (SSSR count). The van der Waals surface area contributed by atoms with E-state index in [4.69, 9.17) is 44.3 Å². The quantitative estimate of drug-likeness (QED) is 0.140. The second-order valence-electron chi connectivity index (χ2n) is 6.88. The highest BCUT2D eigenvalue weighted by molar-refractivity contribution is 7.45. The van der Waals surface area contributed by atoms with Gasteiger partial charge in [0.25, 0.3) is 0 Å². The Kier molecular flexibility index (Phi) is 14.8. The summed E-state index contributed by atoms with van der Waals surface area (Å²) in [5.74, 6) is 0. The molecule has 22 heavy (non-hydrogen) atoms. The Morgan fingerprint density at radius 3 is 0.773 bits per heavy atom. The van der Waals surface area contributed by atoms with Crippen LogP contribution in [-0.2, 0) is 0 Å². The Bertz CT molecular complexity index is 224. The number of unbranched alkanes of at least 4 members (excludes halogenated alkanes) is 11. The Morgan fingerprint density at radius 2 is 0.591 bits per heavy atom. The van der Waals surface area contributed by atoms with Crippen LogP contribution in [0.25, 0.3) is 0 Å². The van der Waals surface area contributed by atoms with Gasteiger partial charge >= 0.3 is 0 Å². The van der Waals surface area contributed by atoms with Gasteiger partial charge in [0.05, 0.1) is 0 Å². The third-order valence-electron chi connectivity index (χ3n) is 3.98. The first-order valence-corrected chi connectivity index (χ1v) is 18.4. The van der Waals surface area contributed by atoms with Crippen molar-refractivity contribution in [3.8, 4) is 0 Å². The maximum absolute atomic E-state index is 6.09. The highest BCUT2D eigenvalue weighted by Gasteiger charge is 2.19. The van der Waals surface area contributed by atoms with Crippen molar-refractivity contribution in [3.05, 3.63) is 0 Å². The summed E-state index contributed by atoms with van der Waals surface area (Å²) in [7, 11) is 0. The summed E-state index contributed by atoms with van der Waals surface area (Å²) in [6, 6.07) is 2.09. The number of hydrogen-bond donors (Lipinski definition) is 0. The monoisotopic (exact) mass is 422 g/mol. The number of halogens is 4. The molecule has 0 atom stereocenters. The van der Waals surface area contributed by atoms with Crippen LogP contribution in [0.15, 0.2) is 0 Å². The van der Waals surface area contributed by atoms with Crippen molar-refractivity contribution in [2.75, 3.05) is 0 Å². The van der Waals surface area contributed by atoms with Crippen molar-refractivity contribution in [1.29, 1.82) is 0 Å². The Hall–Kier alpha value is 1.59. The fourth-order valence-electron chi connectivity index (χ4n) is 2.64. The van der Waals surface area contributed by atoms with Crippen molar-refractivity contribution < 1.29 is 0 Å². The van der Waals surface area contributed by atoms with E-state index in [2.05, 4.69) is 0 Å². The summed E-state index contributed by atoms with van der Waals surface area (Å²) in [6.45, 7) is 0.360. The zero-order valence-corrected chi connectivity index (χ0v) is 19.4. The lowest BCUT2D eigenvalue weighted by Crippen LogP contribution is -2.11. The molecular formula is C16H34Cl4Si2. The molecule has 0 aliphatic rings. The molecule has 0 bridgehead atoms. The maximum atomic E-state index is 6.09. The van der Waals surface area contributed by atoms with Crippen LogP contribution in [0.4, 0.5) is 0 Å². The predicted molar refractivity (Wildman–Crippen MR) is 112 cm³/mol. The first kappa shape index (κ1) is 23.6. The van der Waals surface area contributed by atoms with E-state index in [1.807, 2.05) is 13.1 Å². The lowest BCUT2D eigenvalue weighted by atomic mass is 10.1. The predicted octanol–water partition coefficient (Wildman–Crippen LogP) is 8.77. The van der Waals surface area contributed by atoms with Crippen molar-refractivity contribution >= 4 is 57.7 Å². The van der Waals surface area contributed by atoms with Gasteiger partial charge in [-0.05, 0) is 25.2 Å². The van der Waals surface area contributed by atoms with Gasteiger partial charge in [0.2, 0.25) is 13.4 Å². The molecule has 0 heterocycles. The summed E-state index contributed by atoms with van der Waals surface area (Å²) in [5, 5.41) is 0. The first-order valence-electron chi connectivity index (χ1n) is 8.96. The van der Waals surface area contributed by atoms with Crippen LogP contribution >= 0.6 is 44.3 Å². The van der Waals surface area contributed by atoms with E-state index in [0.717, 1.165) is 12.1 Å². The summed E-state index contributed by atoms with van der Waals surface area (Å²) in [6.07, 6.45) is 16.0. The zero-order chi connectivity index (χ0) is 16.9. The van der Waals surface area contributed by atoms with Gasteiger partial charge in [-0.2, -0.15) is 0 Å². The van der Waals surface area contributed by atoms with Crippen molar-refractivity contribution in [2.24, 2.45) is 0 Å². The number of rotatable bonds is 15. The van der Waals surface area contributed by atoms with E-state index in [9.17, 15) is 0 Å². The molecule has 134 valence electrons. The first-order chi connectivity index (χ1) is 10.2. The van der Waals surface area contributed by atoms with E-state index in [-0.39, 0.29) is 0 Å². The van der Waals surface area contributed by atoms with E-state index in [0.29, 0.717) is 0 Å². The molecule has 0 aromatic heterocycles. The standard InChI is InChI=1S/C16H34Cl4Si2/c1-21(17,18)15-13-11-9-7-5-3-4-6-8-10-12-14-16-22(2,19)20/h3-16H2,1-2H3. The van der Waals surface area contributed by atoms with E-state index >= 15 is 0 Å². The molecule has 0 amide bonds. The zero-order valence-electron chi connectivity index (χ0n) is 14.4. The molecule has 0 fully saturated rings. The molecule has 0 N–H and O–H groups in total. The van der Waals surface area contributed by atoms with Crippen LogP contribution in [0.5, 0.6) is 0 Å². The minimum Gasteiger partial charge on any atom is -0.146 e. The minimum absolute atomic E-state index is 1.05. The van der Waals surface area contributed by atoms with Gasteiger partial charge < -0.3 is 0 Å². The Balaban J connectivity index is 3.09. The normalized spacial score (nSPS) is 12.8.